The van der Waals surface area contributed by atoms with E-state index in [1.165, 1.54) is 0 Å². The van der Waals surface area contributed by atoms with Gasteiger partial charge in [-0.3, -0.25) is 0 Å². The van der Waals surface area contributed by atoms with Gasteiger partial charge in [-0.15, -0.1) is 0 Å². The van der Waals surface area contributed by atoms with E-state index in [1.54, 1.807) is 0 Å². The second-order valence-electron chi connectivity index (χ2n) is 11.3. The number of fused-ring (bicyclic) bond motifs is 8. The van der Waals surface area contributed by atoms with Gasteiger partial charge in [0.1, 0.15) is 11.2 Å². The molecule has 0 amide bonds. The van der Waals surface area contributed by atoms with Gasteiger partial charge in [-0.2, -0.15) is 0 Å². The fourth-order valence-electron chi connectivity index (χ4n) is 6.79. The highest BCUT2D eigenvalue weighted by Gasteiger charge is 2.19. The Morgan fingerprint density at radius 2 is 1.02 bits per heavy atom. The second-order valence-corrected chi connectivity index (χ2v) is 11.3. The lowest BCUT2D eigenvalue weighted by Crippen LogP contribution is -1.92. The third-order valence-electron chi connectivity index (χ3n) is 8.79. The Morgan fingerprint density at radius 1 is 0.404 bits per heavy atom. The molecule has 1 nitrogen and oxygen atoms in total. The van der Waals surface area contributed by atoms with Crippen LogP contribution in [0.1, 0.15) is 19.2 Å². The molecule has 0 bridgehead atoms. The lowest BCUT2D eigenvalue weighted by Gasteiger charge is -2.19. The van der Waals surface area contributed by atoms with E-state index in [1.807, 2.05) is 84.9 Å². The van der Waals surface area contributed by atoms with Crippen LogP contribution >= 0.6 is 0 Å². The van der Waals surface area contributed by atoms with Crippen LogP contribution < -0.4 is 0 Å². The lowest BCUT2D eigenvalue weighted by molar-refractivity contribution is 0.673. The molecule has 1 heteroatoms. The van der Waals surface area contributed by atoms with Crippen LogP contribution in [0.2, 0.25) is 0 Å². The van der Waals surface area contributed by atoms with Crippen molar-refractivity contribution in [2.24, 2.45) is 0 Å². The van der Waals surface area contributed by atoms with Crippen molar-refractivity contribution in [1.29, 1.82) is 0 Å². The van der Waals surface area contributed by atoms with Crippen LogP contribution in [0.25, 0.3) is 98.4 Å². The van der Waals surface area contributed by atoms with Gasteiger partial charge in [-0.1, -0.05) is 139 Å². The highest BCUT2D eigenvalue weighted by atomic mass is 16.3. The minimum Gasteiger partial charge on any atom is -0.455 e. The Hall–Kier alpha value is -6.18. The van der Waals surface area contributed by atoms with Gasteiger partial charge >= 0.3 is 0 Å². The van der Waals surface area contributed by atoms with Crippen molar-refractivity contribution in [2.75, 3.05) is 0 Å². The minimum absolute atomic E-state index is 0.0534. The highest BCUT2D eigenvalue weighted by Crippen LogP contribution is 2.46. The molecule has 0 N–H and O–H groups in total. The van der Waals surface area contributed by atoms with E-state index in [0.717, 1.165) is 10.9 Å². The number of hydrogen-bond donors (Lipinski definition) is 0. The van der Waals surface area contributed by atoms with Gasteiger partial charge in [0.25, 0.3) is 0 Å². The molecule has 1 aromatic heterocycles. The summed E-state index contributed by atoms with van der Waals surface area (Å²) in [6.45, 7) is 0. The molecule has 47 heavy (non-hydrogen) atoms. The molecule has 0 atom stereocenters. The maximum atomic E-state index is 9.69. The first-order valence-electron chi connectivity index (χ1n) is 22.0. The van der Waals surface area contributed by atoms with Crippen LogP contribution in [0.3, 0.4) is 0 Å². The third-order valence-corrected chi connectivity index (χ3v) is 8.79. The summed E-state index contributed by atoms with van der Waals surface area (Å²) in [5, 5.41) is 3.52. The van der Waals surface area contributed by atoms with Gasteiger partial charge in [0, 0.05) is 16.2 Å². The summed E-state index contributed by atoms with van der Waals surface area (Å²) < 4.78 is 129. The molecule has 10 rings (SSSR count). The van der Waals surface area contributed by atoms with Crippen molar-refractivity contribution >= 4 is 65.0 Å². The maximum absolute atomic E-state index is 9.69. The monoisotopic (exact) mass is 610 g/mol. The fourth-order valence-corrected chi connectivity index (χ4v) is 6.79. The molecule has 0 unspecified atom stereocenters. The molecule has 218 valence electrons. The zero-order chi connectivity index (χ0) is 43.1. The normalized spacial score (nSPS) is 16.0. The van der Waals surface area contributed by atoms with E-state index in [4.69, 9.17) is 19.5 Å². The van der Waals surface area contributed by atoms with E-state index in [9.17, 15) is 4.11 Å². The Labute approximate surface area is 291 Å². The molecule has 0 saturated heterocycles. The Morgan fingerprint density at radius 3 is 1.77 bits per heavy atom. The minimum atomic E-state index is -0.574. The van der Waals surface area contributed by atoms with Gasteiger partial charge in [0.15, 0.2) is 0 Å². The van der Waals surface area contributed by atoms with E-state index in [0.29, 0.717) is 43.6 Å². The Kier molecular flexibility index (Phi) is 3.44. The predicted octanol–water partition coefficient (Wildman–Crippen LogP) is 13.2. The topological polar surface area (TPSA) is 13.1 Å². The maximum Gasteiger partial charge on any atom is 0.143 e. The molecule has 0 radical (unpaired) electrons. The number of benzene rings is 9. The van der Waals surface area contributed by atoms with Crippen molar-refractivity contribution in [2.45, 2.75) is 0 Å². The molecule has 10 aromatic rings. The van der Waals surface area contributed by atoms with Crippen molar-refractivity contribution in [3.63, 3.8) is 0 Å². The first kappa shape index (κ1) is 15.9. The Balaban J connectivity index is 1.33. The average molecular weight is 611 g/mol. The van der Waals surface area contributed by atoms with Gasteiger partial charge in [-0.05, 0) is 101 Å². The quantitative estimate of drug-likeness (QED) is 0.181. The SMILES string of the molecule is [2H]c1c([2H])c([2H])c(-c2cc(-c3c4ccccc4c(-c4c([2H])c([2H])c5c(oc6c7c([2H])c([2H])c([2H])c([2H])c7c([2H])c([2H])c65)c4[2H])c4ccccc34)cc3ccccc23)c([2H])c1[2H]. The van der Waals surface area contributed by atoms with E-state index >= 15 is 0 Å². The van der Waals surface area contributed by atoms with Crippen molar-refractivity contribution in [3.05, 3.63) is 170 Å². The van der Waals surface area contributed by atoms with Crippen LogP contribution in [0.5, 0.6) is 0 Å². The summed E-state index contributed by atoms with van der Waals surface area (Å²) in [5.74, 6) is 0. The van der Waals surface area contributed by atoms with Crippen LogP contribution in [-0.2, 0) is 0 Å². The smallest absolute Gasteiger partial charge is 0.143 e. The second kappa shape index (κ2) is 10.2. The standard InChI is InChI=1S/C46H28O/c1-2-12-29(13-3-1)42-27-33(26-31-15-5-6-16-34(31)42)45-39-20-10-8-18-37(39)44(38-19-9-11-21-40(38)45)32-23-24-36-41-25-22-30-14-4-7-17-35(30)46(41)47-43(36)28-32/h1-28H/i1D,2D,3D,4D,7D,12D,13D,14D,17D,22D,23D,24D,25D,28D. The van der Waals surface area contributed by atoms with Crippen molar-refractivity contribution in [1.82, 2.24) is 0 Å². The van der Waals surface area contributed by atoms with E-state index in [-0.39, 0.29) is 74.0 Å². The molecular weight excluding hydrogens is 569 g/mol. The first-order chi connectivity index (χ1) is 29.1. The van der Waals surface area contributed by atoms with Gasteiger partial charge < -0.3 is 4.42 Å². The molecule has 1 heterocycles. The van der Waals surface area contributed by atoms with Gasteiger partial charge in [0.2, 0.25) is 0 Å². The molecular formula is C46H28O. The van der Waals surface area contributed by atoms with Crippen molar-refractivity contribution in [3.8, 4) is 33.4 Å². The lowest BCUT2D eigenvalue weighted by atomic mass is 9.84. The highest BCUT2D eigenvalue weighted by molar-refractivity contribution is 6.23. The van der Waals surface area contributed by atoms with Crippen LogP contribution in [0.4, 0.5) is 0 Å². The molecule has 0 aliphatic carbocycles. The molecule has 0 saturated carbocycles. The summed E-state index contributed by atoms with van der Waals surface area (Å²) >= 11 is 0. The zero-order valence-corrected chi connectivity index (χ0v) is 24.5. The number of rotatable bonds is 3. The molecule has 0 spiro atoms. The molecule has 9 aromatic carbocycles. The van der Waals surface area contributed by atoms with Crippen LogP contribution in [0, 0.1) is 0 Å². The summed E-state index contributed by atoms with van der Waals surface area (Å²) in [5.41, 5.74) is 2.08. The largest absolute Gasteiger partial charge is 0.455 e. The molecule has 0 aliphatic rings. The third kappa shape index (κ3) is 3.97. The van der Waals surface area contributed by atoms with Gasteiger partial charge in [-0.25, -0.2) is 0 Å². The van der Waals surface area contributed by atoms with Crippen LogP contribution in [-0.4, -0.2) is 0 Å². The molecule has 0 aliphatic heterocycles. The summed E-state index contributed by atoms with van der Waals surface area (Å²) in [4.78, 5) is 0. The Bertz CT molecular complexity index is 3560. The van der Waals surface area contributed by atoms with Gasteiger partial charge in [0.05, 0.1) is 19.2 Å². The number of hydrogen-bond acceptors (Lipinski definition) is 1. The summed E-state index contributed by atoms with van der Waals surface area (Å²) in [6, 6.07) is 19.9. The average Bonchev–Trinajstić information content (AvgIpc) is 3.67. The van der Waals surface area contributed by atoms with Crippen molar-refractivity contribution < 1.29 is 23.6 Å². The van der Waals surface area contributed by atoms with Crippen LogP contribution in [0.15, 0.2) is 174 Å². The number of furan rings is 1. The fraction of sp³-hybridized carbons (Fsp3) is 0. The summed E-state index contributed by atoms with van der Waals surface area (Å²) in [7, 11) is 0. The molecule has 0 fully saturated rings. The van der Waals surface area contributed by atoms with E-state index < -0.39 is 54.4 Å². The summed E-state index contributed by atoms with van der Waals surface area (Å²) in [6.07, 6.45) is 0. The predicted molar refractivity (Wildman–Crippen MR) is 200 cm³/mol. The first-order valence-corrected chi connectivity index (χ1v) is 15.0. The zero-order valence-electron chi connectivity index (χ0n) is 38.5. The van der Waals surface area contributed by atoms with E-state index in [2.05, 4.69) is 0 Å².